The summed E-state index contributed by atoms with van der Waals surface area (Å²) >= 11 is 0. The molecular formula is C22H27N3O6. The van der Waals surface area contributed by atoms with Crippen molar-refractivity contribution >= 4 is 23.8 Å². The fourth-order valence-corrected chi connectivity index (χ4v) is 2.82. The molecule has 9 heteroatoms. The Balaban J connectivity index is 2.07. The molecule has 0 aromatic heterocycles. The van der Waals surface area contributed by atoms with Gasteiger partial charge in [-0.15, -0.1) is 0 Å². The molecule has 0 saturated heterocycles. The standard InChI is InChI=1S/C22H27N3O6/c1-15(26)23-17-6-5-7-19(14-17)30-13-12-20(25(4)21(27)28)16-8-10-18(11-9-16)31-22(29)24(2)3/h5-11,14,20H,12-13H2,1-4H3,(H,23,26)(H,27,28). The van der Waals surface area contributed by atoms with Crippen LogP contribution in [0.1, 0.15) is 24.9 Å². The number of hydrogen-bond donors (Lipinski definition) is 2. The highest BCUT2D eigenvalue weighted by atomic mass is 16.6. The van der Waals surface area contributed by atoms with Crippen molar-refractivity contribution in [1.29, 1.82) is 0 Å². The van der Waals surface area contributed by atoms with E-state index in [-0.39, 0.29) is 12.5 Å². The van der Waals surface area contributed by atoms with Gasteiger partial charge in [0.2, 0.25) is 5.91 Å². The van der Waals surface area contributed by atoms with Gasteiger partial charge in [0.25, 0.3) is 0 Å². The summed E-state index contributed by atoms with van der Waals surface area (Å²) in [5.74, 6) is 0.749. The van der Waals surface area contributed by atoms with Crippen LogP contribution in [-0.4, -0.2) is 60.7 Å². The number of carbonyl (C=O) groups excluding carboxylic acids is 2. The summed E-state index contributed by atoms with van der Waals surface area (Å²) in [6.07, 6.45) is -1.17. The Morgan fingerprint density at radius 1 is 1.03 bits per heavy atom. The van der Waals surface area contributed by atoms with E-state index < -0.39 is 18.2 Å². The number of nitrogens with one attached hydrogen (secondary N) is 1. The summed E-state index contributed by atoms with van der Waals surface area (Å²) in [5, 5.41) is 12.1. The van der Waals surface area contributed by atoms with Crippen molar-refractivity contribution in [2.45, 2.75) is 19.4 Å². The number of carbonyl (C=O) groups is 3. The fraction of sp³-hybridized carbons (Fsp3) is 0.318. The Bertz CT molecular complexity index is 914. The molecule has 2 N–H and O–H groups in total. The molecule has 2 aromatic carbocycles. The lowest BCUT2D eigenvalue weighted by Crippen LogP contribution is -2.31. The lowest BCUT2D eigenvalue weighted by atomic mass is 10.0. The van der Waals surface area contributed by atoms with Crippen LogP contribution in [-0.2, 0) is 4.79 Å². The normalized spacial score (nSPS) is 11.2. The average Bonchev–Trinajstić information content (AvgIpc) is 2.71. The van der Waals surface area contributed by atoms with Crippen molar-refractivity contribution < 1.29 is 29.0 Å². The highest BCUT2D eigenvalue weighted by molar-refractivity contribution is 5.88. The first-order valence-corrected chi connectivity index (χ1v) is 9.62. The highest BCUT2D eigenvalue weighted by Crippen LogP contribution is 2.26. The number of anilines is 1. The van der Waals surface area contributed by atoms with Crippen LogP contribution in [0, 0.1) is 0 Å². The summed E-state index contributed by atoms with van der Waals surface area (Å²) in [5.41, 5.74) is 1.36. The van der Waals surface area contributed by atoms with Gasteiger partial charge in [-0.25, -0.2) is 9.59 Å². The summed E-state index contributed by atoms with van der Waals surface area (Å²) in [6.45, 7) is 1.68. The van der Waals surface area contributed by atoms with Crippen LogP contribution in [0.2, 0.25) is 0 Å². The van der Waals surface area contributed by atoms with E-state index in [1.807, 2.05) is 0 Å². The first-order valence-electron chi connectivity index (χ1n) is 9.62. The second kappa shape index (κ2) is 10.9. The van der Waals surface area contributed by atoms with Gasteiger partial charge in [-0.2, -0.15) is 0 Å². The van der Waals surface area contributed by atoms with Crippen LogP contribution < -0.4 is 14.8 Å². The van der Waals surface area contributed by atoms with Gasteiger partial charge in [0.1, 0.15) is 11.5 Å². The van der Waals surface area contributed by atoms with Crippen LogP contribution in [0.4, 0.5) is 15.3 Å². The first-order chi connectivity index (χ1) is 14.7. The molecule has 3 amide bonds. The number of amides is 3. The number of nitrogens with zero attached hydrogens (tertiary/aromatic N) is 2. The molecule has 2 rings (SSSR count). The third-order valence-corrected chi connectivity index (χ3v) is 4.42. The van der Waals surface area contributed by atoms with Crippen LogP contribution >= 0.6 is 0 Å². The van der Waals surface area contributed by atoms with E-state index >= 15 is 0 Å². The van der Waals surface area contributed by atoms with Crippen molar-refractivity contribution in [2.75, 3.05) is 33.1 Å². The number of ether oxygens (including phenoxy) is 2. The Morgan fingerprint density at radius 3 is 2.29 bits per heavy atom. The minimum Gasteiger partial charge on any atom is -0.493 e. The Hall–Kier alpha value is -3.75. The molecule has 0 fully saturated rings. The molecule has 2 aromatic rings. The van der Waals surface area contributed by atoms with Crippen molar-refractivity contribution in [3.05, 3.63) is 54.1 Å². The number of carboxylic acid groups (broad SMARTS) is 1. The monoisotopic (exact) mass is 429 g/mol. The van der Waals surface area contributed by atoms with Crippen LogP contribution in [0.5, 0.6) is 11.5 Å². The Kier molecular flexibility index (Phi) is 8.25. The van der Waals surface area contributed by atoms with Crippen molar-refractivity contribution in [1.82, 2.24) is 9.80 Å². The molecule has 0 aliphatic carbocycles. The maximum atomic E-state index is 11.7. The fourth-order valence-electron chi connectivity index (χ4n) is 2.82. The van der Waals surface area contributed by atoms with Gasteiger partial charge in [-0.3, -0.25) is 4.79 Å². The van der Waals surface area contributed by atoms with Crippen LogP contribution in [0.25, 0.3) is 0 Å². The minimum atomic E-state index is -1.07. The number of hydrogen-bond acceptors (Lipinski definition) is 5. The third-order valence-electron chi connectivity index (χ3n) is 4.42. The van der Waals surface area contributed by atoms with Crippen molar-refractivity contribution in [3.63, 3.8) is 0 Å². The molecule has 0 heterocycles. The smallest absolute Gasteiger partial charge is 0.414 e. The topological polar surface area (TPSA) is 108 Å². The van der Waals surface area contributed by atoms with E-state index in [1.54, 1.807) is 62.6 Å². The average molecular weight is 429 g/mol. The summed E-state index contributed by atoms with van der Waals surface area (Å²) < 4.78 is 11.0. The zero-order valence-electron chi connectivity index (χ0n) is 18.0. The summed E-state index contributed by atoms with van der Waals surface area (Å²) in [7, 11) is 4.66. The van der Waals surface area contributed by atoms with Crippen molar-refractivity contribution in [2.24, 2.45) is 0 Å². The summed E-state index contributed by atoms with van der Waals surface area (Å²) in [4.78, 5) is 36.9. The number of benzene rings is 2. The second-order valence-corrected chi connectivity index (χ2v) is 7.09. The predicted octanol–water partition coefficient (Wildman–Crippen LogP) is 3.83. The molecule has 166 valence electrons. The van der Waals surface area contributed by atoms with Crippen LogP contribution in [0.15, 0.2) is 48.5 Å². The minimum absolute atomic E-state index is 0.181. The van der Waals surface area contributed by atoms with Crippen LogP contribution in [0.3, 0.4) is 0 Å². The van der Waals surface area contributed by atoms with E-state index in [0.717, 1.165) is 5.56 Å². The molecule has 0 radical (unpaired) electrons. The molecule has 0 spiro atoms. The van der Waals surface area contributed by atoms with Crippen molar-refractivity contribution in [3.8, 4) is 11.5 Å². The Labute approximate surface area is 181 Å². The van der Waals surface area contributed by atoms with E-state index in [9.17, 15) is 19.5 Å². The molecule has 9 nitrogen and oxygen atoms in total. The van der Waals surface area contributed by atoms with E-state index in [2.05, 4.69) is 5.32 Å². The van der Waals surface area contributed by atoms with Gasteiger partial charge in [-0.05, 0) is 29.8 Å². The van der Waals surface area contributed by atoms with Gasteiger partial charge in [0.15, 0.2) is 0 Å². The summed E-state index contributed by atoms with van der Waals surface area (Å²) in [6, 6.07) is 13.2. The third kappa shape index (κ3) is 7.22. The lowest BCUT2D eigenvalue weighted by molar-refractivity contribution is -0.114. The number of rotatable bonds is 8. The highest BCUT2D eigenvalue weighted by Gasteiger charge is 2.21. The molecule has 1 unspecified atom stereocenters. The van der Waals surface area contributed by atoms with Gasteiger partial charge >= 0.3 is 12.2 Å². The van der Waals surface area contributed by atoms with E-state index in [1.165, 1.54) is 23.8 Å². The lowest BCUT2D eigenvalue weighted by Gasteiger charge is -2.26. The second-order valence-electron chi connectivity index (χ2n) is 7.09. The maximum absolute atomic E-state index is 11.7. The molecule has 1 atom stereocenters. The van der Waals surface area contributed by atoms with E-state index in [4.69, 9.17) is 9.47 Å². The molecule has 0 bridgehead atoms. The van der Waals surface area contributed by atoms with Gasteiger partial charge in [0, 0.05) is 46.2 Å². The predicted molar refractivity (Wildman–Crippen MR) is 116 cm³/mol. The quantitative estimate of drug-likeness (QED) is 0.660. The maximum Gasteiger partial charge on any atom is 0.414 e. The van der Waals surface area contributed by atoms with E-state index in [0.29, 0.717) is 23.6 Å². The van der Waals surface area contributed by atoms with Gasteiger partial charge in [0.05, 0.1) is 12.6 Å². The SMILES string of the molecule is CC(=O)Nc1cccc(OCCC(c2ccc(OC(=O)N(C)C)cc2)N(C)C(=O)O)c1. The zero-order valence-corrected chi connectivity index (χ0v) is 18.0. The molecule has 0 aliphatic heterocycles. The van der Waals surface area contributed by atoms with Gasteiger partial charge in [-0.1, -0.05) is 18.2 Å². The van der Waals surface area contributed by atoms with Gasteiger partial charge < -0.3 is 29.7 Å². The molecule has 0 aliphatic rings. The molecular weight excluding hydrogens is 402 g/mol. The molecule has 0 saturated carbocycles. The molecule has 31 heavy (non-hydrogen) atoms. The Morgan fingerprint density at radius 2 is 1.71 bits per heavy atom. The first kappa shape index (κ1) is 23.5. The largest absolute Gasteiger partial charge is 0.493 e. The zero-order chi connectivity index (χ0) is 23.0.